The van der Waals surface area contributed by atoms with Gasteiger partial charge in [-0.3, -0.25) is 0 Å². The zero-order valence-electron chi connectivity index (χ0n) is 11.4. The van der Waals surface area contributed by atoms with Crippen molar-refractivity contribution in [1.29, 1.82) is 0 Å². The van der Waals surface area contributed by atoms with Crippen molar-refractivity contribution in [3.63, 3.8) is 0 Å². The summed E-state index contributed by atoms with van der Waals surface area (Å²) in [6.07, 6.45) is 1.34. The molecule has 0 radical (unpaired) electrons. The third kappa shape index (κ3) is 3.80. The van der Waals surface area contributed by atoms with E-state index in [-0.39, 0.29) is 0 Å². The second-order valence-corrected chi connectivity index (χ2v) is 7.40. The van der Waals surface area contributed by atoms with E-state index in [0.717, 1.165) is 12.5 Å². The van der Waals surface area contributed by atoms with E-state index in [4.69, 9.17) is 0 Å². The lowest BCUT2D eigenvalue weighted by atomic mass is 10.1. The number of thiophene rings is 1. The first-order valence-corrected chi connectivity index (χ1v) is 8.45. The molecule has 1 aliphatic rings. The molecule has 18 heavy (non-hydrogen) atoms. The molecule has 0 aliphatic carbocycles. The standard InChI is InChI=1S/C14H23BrN2S/c1-10(2)17-5-4-12(8-17)7-16-11(3)14-6-13(15)9-18-14/h6,9-12,16H,4-5,7-8H2,1-3H3. The van der Waals surface area contributed by atoms with Crippen molar-refractivity contribution in [1.82, 2.24) is 10.2 Å². The highest BCUT2D eigenvalue weighted by Gasteiger charge is 2.24. The average Bonchev–Trinajstić information content (AvgIpc) is 2.94. The Hall–Kier alpha value is 0.1000. The smallest absolute Gasteiger partial charge is 0.0386 e. The van der Waals surface area contributed by atoms with Gasteiger partial charge in [-0.2, -0.15) is 0 Å². The molecule has 1 aromatic rings. The SMILES string of the molecule is CC(NCC1CCN(C(C)C)C1)c1cc(Br)cs1. The molecule has 1 saturated heterocycles. The largest absolute Gasteiger partial charge is 0.309 e. The lowest BCUT2D eigenvalue weighted by molar-refractivity contribution is 0.263. The Labute approximate surface area is 123 Å². The maximum Gasteiger partial charge on any atom is 0.0386 e. The lowest BCUT2D eigenvalue weighted by Gasteiger charge is -2.21. The van der Waals surface area contributed by atoms with Crippen LogP contribution in [0, 0.1) is 5.92 Å². The molecule has 2 nitrogen and oxygen atoms in total. The number of nitrogens with zero attached hydrogens (tertiary/aromatic N) is 1. The molecular formula is C14H23BrN2S. The minimum atomic E-state index is 0.467. The Morgan fingerprint density at radius 3 is 2.83 bits per heavy atom. The van der Waals surface area contributed by atoms with Crippen molar-refractivity contribution in [2.24, 2.45) is 5.92 Å². The summed E-state index contributed by atoms with van der Waals surface area (Å²) in [5, 5.41) is 5.83. The Balaban J connectivity index is 1.75. The van der Waals surface area contributed by atoms with Crippen molar-refractivity contribution in [3.05, 3.63) is 20.8 Å². The van der Waals surface area contributed by atoms with Gasteiger partial charge in [0.1, 0.15) is 0 Å². The molecule has 2 unspecified atom stereocenters. The van der Waals surface area contributed by atoms with Crippen LogP contribution in [-0.2, 0) is 0 Å². The van der Waals surface area contributed by atoms with Crippen molar-refractivity contribution >= 4 is 27.3 Å². The van der Waals surface area contributed by atoms with Gasteiger partial charge in [0.05, 0.1) is 0 Å². The first-order chi connectivity index (χ1) is 8.56. The zero-order valence-corrected chi connectivity index (χ0v) is 13.9. The van der Waals surface area contributed by atoms with Crippen molar-refractivity contribution in [3.8, 4) is 0 Å². The van der Waals surface area contributed by atoms with Crippen LogP contribution >= 0.6 is 27.3 Å². The van der Waals surface area contributed by atoms with Gasteiger partial charge in [-0.1, -0.05) is 0 Å². The summed E-state index contributed by atoms with van der Waals surface area (Å²) in [5.74, 6) is 0.818. The molecule has 0 aromatic carbocycles. The number of hydrogen-bond acceptors (Lipinski definition) is 3. The number of halogens is 1. The molecule has 1 fully saturated rings. The topological polar surface area (TPSA) is 15.3 Å². The molecule has 0 saturated carbocycles. The molecule has 1 aliphatic heterocycles. The van der Waals surface area contributed by atoms with E-state index in [1.807, 2.05) is 11.3 Å². The number of likely N-dealkylation sites (tertiary alicyclic amines) is 1. The van der Waals surface area contributed by atoms with Crippen LogP contribution in [0.15, 0.2) is 15.9 Å². The van der Waals surface area contributed by atoms with Crippen LogP contribution < -0.4 is 5.32 Å². The number of nitrogens with one attached hydrogen (secondary N) is 1. The van der Waals surface area contributed by atoms with Crippen molar-refractivity contribution in [2.75, 3.05) is 19.6 Å². The summed E-state index contributed by atoms with van der Waals surface area (Å²) >= 11 is 5.34. The highest BCUT2D eigenvalue weighted by atomic mass is 79.9. The molecule has 2 heterocycles. The van der Waals surface area contributed by atoms with Crippen LogP contribution in [-0.4, -0.2) is 30.6 Å². The summed E-state index contributed by atoms with van der Waals surface area (Å²) in [4.78, 5) is 4.00. The average molecular weight is 331 g/mol. The fourth-order valence-corrected chi connectivity index (χ4v) is 3.98. The zero-order chi connectivity index (χ0) is 13.1. The van der Waals surface area contributed by atoms with Gasteiger partial charge in [0, 0.05) is 33.4 Å². The molecule has 2 rings (SSSR count). The summed E-state index contributed by atoms with van der Waals surface area (Å²) < 4.78 is 1.20. The second kappa shape index (κ2) is 6.51. The van der Waals surface area contributed by atoms with E-state index < -0.39 is 0 Å². The van der Waals surface area contributed by atoms with Crippen LogP contribution in [0.4, 0.5) is 0 Å². The third-order valence-electron chi connectivity index (χ3n) is 3.77. The summed E-state index contributed by atoms with van der Waals surface area (Å²) in [6.45, 7) is 10.5. The van der Waals surface area contributed by atoms with E-state index in [1.165, 1.54) is 28.9 Å². The number of hydrogen-bond donors (Lipinski definition) is 1. The highest BCUT2D eigenvalue weighted by molar-refractivity contribution is 9.10. The third-order valence-corrected chi connectivity index (χ3v) is 5.65. The monoisotopic (exact) mass is 330 g/mol. The molecule has 4 heteroatoms. The molecule has 0 bridgehead atoms. The van der Waals surface area contributed by atoms with E-state index in [2.05, 4.69) is 58.4 Å². The van der Waals surface area contributed by atoms with Crippen LogP contribution in [0.5, 0.6) is 0 Å². The van der Waals surface area contributed by atoms with Gasteiger partial charge in [-0.15, -0.1) is 11.3 Å². The van der Waals surface area contributed by atoms with Crippen LogP contribution in [0.25, 0.3) is 0 Å². The molecule has 1 N–H and O–H groups in total. The fraction of sp³-hybridized carbons (Fsp3) is 0.714. The van der Waals surface area contributed by atoms with Crippen molar-refractivity contribution < 1.29 is 0 Å². The van der Waals surface area contributed by atoms with Gasteiger partial charge in [0.15, 0.2) is 0 Å². The minimum absolute atomic E-state index is 0.467. The molecule has 1 aromatic heterocycles. The predicted molar refractivity (Wildman–Crippen MR) is 83.3 cm³/mol. The lowest BCUT2D eigenvalue weighted by Crippen LogP contribution is -2.31. The molecule has 2 atom stereocenters. The van der Waals surface area contributed by atoms with Gasteiger partial charge in [-0.05, 0) is 68.2 Å². The second-order valence-electron chi connectivity index (χ2n) is 5.54. The highest BCUT2D eigenvalue weighted by Crippen LogP contribution is 2.26. The normalized spacial score (nSPS) is 22.8. The molecule has 102 valence electrons. The first kappa shape index (κ1) is 14.5. The van der Waals surface area contributed by atoms with Crippen LogP contribution in [0.2, 0.25) is 0 Å². The van der Waals surface area contributed by atoms with E-state index in [1.54, 1.807) is 0 Å². The van der Waals surface area contributed by atoms with Gasteiger partial charge in [0.25, 0.3) is 0 Å². The Morgan fingerprint density at radius 1 is 1.50 bits per heavy atom. The molecule has 0 spiro atoms. The molecule has 0 amide bonds. The van der Waals surface area contributed by atoms with E-state index in [0.29, 0.717) is 12.1 Å². The summed E-state index contributed by atoms with van der Waals surface area (Å²) in [6, 6.07) is 3.38. The van der Waals surface area contributed by atoms with Crippen LogP contribution in [0.3, 0.4) is 0 Å². The van der Waals surface area contributed by atoms with Gasteiger partial charge < -0.3 is 10.2 Å². The maximum atomic E-state index is 3.68. The van der Waals surface area contributed by atoms with Crippen LogP contribution in [0.1, 0.15) is 38.1 Å². The van der Waals surface area contributed by atoms with E-state index >= 15 is 0 Å². The Kier molecular flexibility index (Phi) is 5.24. The summed E-state index contributed by atoms with van der Waals surface area (Å²) in [5.41, 5.74) is 0. The van der Waals surface area contributed by atoms with Gasteiger partial charge in [-0.25, -0.2) is 0 Å². The fourth-order valence-electron chi connectivity index (χ4n) is 2.50. The molecular weight excluding hydrogens is 308 g/mol. The quantitative estimate of drug-likeness (QED) is 0.880. The minimum Gasteiger partial charge on any atom is -0.309 e. The Bertz CT molecular complexity index is 378. The maximum absolute atomic E-state index is 3.68. The Morgan fingerprint density at radius 2 is 2.28 bits per heavy atom. The van der Waals surface area contributed by atoms with Gasteiger partial charge >= 0.3 is 0 Å². The van der Waals surface area contributed by atoms with E-state index in [9.17, 15) is 0 Å². The summed E-state index contributed by atoms with van der Waals surface area (Å²) in [7, 11) is 0. The first-order valence-electron chi connectivity index (χ1n) is 6.77. The number of rotatable bonds is 5. The van der Waals surface area contributed by atoms with Gasteiger partial charge in [0.2, 0.25) is 0 Å². The van der Waals surface area contributed by atoms with Crippen molar-refractivity contribution in [2.45, 2.75) is 39.3 Å². The predicted octanol–water partition coefficient (Wildman–Crippen LogP) is 3.89.